The lowest BCUT2D eigenvalue weighted by Crippen LogP contribution is -1.95. The van der Waals surface area contributed by atoms with Gasteiger partial charge in [-0.25, -0.2) is 9.78 Å². The summed E-state index contributed by atoms with van der Waals surface area (Å²) in [4.78, 5) is 21.1. The second kappa shape index (κ2) is 3.70. The minimum atomic E-state index is -1.05. The van der Waals surface area contributed by atoms with Crippen LogP contribution in [0, 0.1) is 0 Å². The van der Waals surface area contributed by atoms with Crippen LogP contribution < -0.4 is 0 Å². The average Bonchev–Trinajstić information content (AvgIpc) is 2.68. The molecule has 0 atom stereocenters. The van der Waals surface area contributed by atoms with Crippen LogP contribution >= 0.6 is 11.6 Å². The fourth-order valence-corrected chi connectivity index (χ4v) is 1.19. The van der Waals surface area contributed by atoms with E-state index in [1.165, 1.54) is 12.4 Å². The molecule has 0 saturated heterocycles. The van der Waals surface area contributed by atoms with E-state index in [1.54, 1.807) is 12.1 Å². The van der Waals surface area contributed by atoms with Crippen molar-refractivity contribution in [1.29, 1.82) is 0 Å². The first-order valence-corrected chi connectivity index (χ1v) is 4.45. The fourth-order valence-electron chi connectivity index (χ4n) is 1.08. The van der Waals surface area contributed by atoms with Gasteiger partial charge in [0.1, 0.15) is 11.4 Å². The Hall–Kier alpha value is -1.88. The van der Waals surface area contributed by atoms with Crippen molar-refractivity contribution < 1.29 is 9.90 Å². The number of nitrogens with zero attached hydrogens (tertiary/aromatic N) is 2. The average molecular weight is 224 g/mol. The first-order chi connectivity index (χ1) is 7.16. The quantitative estimate of drug-likeness (QED) is 0.814. The number of pyridine rings is 1. The maximum atomic E-state index is 10.6. The first kappa shape index (κ1) is 9.67. The summed E-state index contributed by atoms with van der Waals surface area (Å²) in [5.41, 5.74) is 0.577. The Balaban J connectivity index is 2.37. The van der Waals surface area contributed by atoms with Crippen molar-refractivity contribution in [3.63, 3.8) is 0 Å². The van der Waals surface area contributed by atoms with Crippen LogP contribution in [-0.4, -0.2) is 26.0 Å². The van der Waals surface area contributed by atoms with Crippen molar-refractivity contribution in [2.45, 2.75) is 0 Å². The lowest BCUT2D eigenvalue weighted by Gasteiger charge is -1.94. The highest BCUT2D eigenvalue weighted by Crippen LogP contribution is 2.15. The highest BCUT2D eigenvalue weighted by Gasteiger charge is 2.09. The van der Waals surface area contributed by atoms with Crippen molar-refractivity contribution in [3.8, 4) is 11.5 Å². The number of carbonyl (C=O) groups is 1. The summed E-state index contributed by atoms with van der Waals surface area (Å²) in [7, 11) is 0. The number of halogens is 1. The molecule has 2 N–H and O–H groups in total. The van der Waals surface area contributed by atoms with Gasteiger partial charge in [-0.05, 0) is 12.1 Å². The van der Waals surface area contributed by atoms with Gasteiger partial charge in [-0.1, -0.05) is 11.6 Å². The molecular weight excluding hydrogens is 218 g/mol. The van der Waals surface area contributed by atoms with Gasteiger partial charge in [-0.3, -0.25) is 4.98 Å². The number of nitrogens with one attached hydrogen (secondary N) is 1. The van der Waals surface area contributed by atoms with Crippen LogP contribution in [-0.2, 0) is 0 Å². The summed E-state index contributed by atoms with van der Waals surface area (Å²) < 4.78 is 0. The highest BCUT2D eigenvalue weighted by atomic mass is 35.5. The second-order valence-electron chi connectivity index (χ2n) is 2.81. The zero-order valence-electron chi connectivity index (χ0n) is 7.44. The van der Waals surface area contributed by atoms with E-state index in [0.29, 0.717) is 16.5 Å². The van der Waals surface area contributed by atoms with Crippen LogP contribution in [0.5, 0.6) is 0 Å². The number of carboxylic acids is 1. The molecule has 76 valence electrons. The molecule has 5 nitrogen and oxygen atoms in total. The third kappa shape index (κ3) is 1.97. The second-order valence-corrected chi connectivity index (χ2v) is 3.25. The standard InChI is InChI=1S/C9H6ClN3O2/c10-5-1-2-6(11-3-5)8-12-4-7(13-8)9(14)15/h1-4H,(H,12,13)(H,14,15). The number of hydrogen-bond donors (Lipinski definition) is 2. The zero-order valence-corrected chi connectivity index (χ0v) is 8.19. The first-order valence-electron chi connectivity index (χ1n) is 4.07. The molecule has 0 amide bonds. The van der Waals surface area contributed by atoms with Gasteiger partial charge in [0.15, 0.2) is 5.82 Å². The lowest BCUT2D eigenvalue weighted by atomic mass is 10.3. The van der Waals surface area contributed by atoms with Gasteiger partial charge in [0.2, 0.25) is 0 Å². The van der Waals surface area contributed by atoms with Gasteiger partial charge in [0.25, 0.3) is 0 Å². The monoisotopic (exact) mass is 223 g/mol. The van der Waals surface area contributed by atoms with Gasteiger partial charge >= 0.3 is 5.97 Å². The molecule has 0 aliphatic carbocycles. The fraction of sp³-hybridized carbons (Fsp3) is 0. The van der Waals surface area contributed by atoms with Crippen molar-refractivity contribution >= 4 is 17.6 Å². The molecule has 15 heavy (non-hydrogen) atoms. The minimum Gasteiger partial charge on any atom is -0.477 e. The molecule has 0 bridgehead atoms. The van der Waals surface area contributed by atoms with E-state index in [0.717, 1.165) is 0 Å². The third-order valence-corrected chi connectivity index (χ3v) is 2.00. The Morgan fingerprint density at radius 2 is 2.13 bits per heavy atom. The summed E-state index contributed by atoms with van der Waals surface area (Å²) in [6.07, 6.45) is 2.72. The molecule has 2 aromatic rings. The highest BCUT2D eigenvalue weighted by molar-refractivity contribution is 6.30. The van der Waals surface area contributed by atoms with E-state index < -0.39 is 5.97 Å². The van der Waals surface area contributed by atoms with Crippen LogP contribution in [0.25, 0.3) is 11.5 Å². The number of aromatic amines is 1. The molecule has 0 spiro atoms. The summed E-state index contributed by atoms with van der Waals surface area (Å²) in [5, 5.41) is 9.19. The van der Waals surface area contributed by atoms with Crippen LogP contribution in [0.4, 0.5) is 0 Å². The molecule has 0 saturated carbocycles. The summed E-state index contributed by atoms with van der Waals surface area (Å²) in [5.74, 6) is -0.646. The van der Waals surface area contributed by atoms with Gasteiger partial charge in [-0.15, -0.1) is 0 Å². The van der Waals surface area contributed by atoms with Crippen molar-refractivity contribution in [2.75, 3.05) is 0 Å². The Morgan fingerprint density at radius 3 is 2.67 bits per heavy atom. The normalized spacial score (nSPS) is 10.2. The van der Waals surface area contributed by atoms with Crippen LogP contribution in [0.3, 0.4) is 0 Å². The number of aromatic nitrogens is 3. The molecule has 0 fully saturated rings. The Morgan fingerprint density at radius 1 is 1.33 bits per heavy atom. The van der Waals surface area contributed by atoms with Gasteiger partial charge < -0.3 is 10.1 Å². The molecule has 6 heteroatoms. The number of carboxylic acid groups (broad SMARTS) is 1. The van der Waals surface area contributed by atoms with E-state index in [9.17, 15) is 4.79 Å². The van der Waals surface area contributed by atoms with E-state index in [1.807, 2.05) is 0 Å². The molecule has 0 radical (unpaired) electrons. The van der Waals surface area contributed by atoms with E-state index in [2.05, 4.69) is 15.0 Å². The molecule has 2 rings (SSSR count). The summed E-state index contributed by atoms with van der Waals surface area (Å²) in [6.45, 7) is 0. The molecule has 2 aromatic heterocycles. The molecule has 0 aliphatic rings. The predicted octanol–water partition coefficient (Wildman–Crippen LogP) is 1.82. The van der Waals surface area contributed by atoms with Gasteiger partial charge in [0.05, 0.1) is 11.2 Å². The molecule has 0 aromatic carbocycles. The largest absolute Gasteiger partial charge is 0.477 e. The minimum absolute atomic E-state index is 0.0294. The van der Waals surface area contributed by atoms with E-state index >= 15 is 0 Å². The maximum absolute atomic E-state index is 10.6. The molecule has 0 aliphatic heterocycles. The third-order valence-electron chi connectivity index (χ3n) is 1.78. The van der Waals surface area contributed by atoms with E-state index in [4.69, 9.17) is 16.7 Å². The smallest absolute Gasteiger partial charge is 0.353 e. The van der Waals surface area contributed by atoms with Crippen molar-refractivity contribution in [2.24, 2.45) is 0 Å². The van der Waals surface area contributed by atoms with Gasteiger partial charge in [-0.2, -0.15) is 0 Å². The predicted molar refractivity (Wildman–Crippen MR) is 53.8 cm³/mol. The van der Waals surface area contributed by atoms with Crippen molar-refractivity contribution in [3.05, 3.63) is 35.2 Å². The number of aromatic carboxylic acids is 1. The van der Waals surface area contributed by atoms with Crippen LogP contribution in [0.15, 0.2) is 24.5 Å². The van der Waals surface area contributed by atoms with E-state index in [-0.39, 0.29) is 5.69 Å². The number of rotatable bonds is 2. The Bertz CT molecular complexity index is 492. The lowest BCUT2D eigenvalue weighted by molar-refractivity contribution is 0.0691. The summed E-state index contributed by atoms with van der Waals surface area (Å²) >= 11 is 5.67. The summed E-state index contributed by atoms with van der Waals surface area (Å²) in [6, 6.07) is 3.32. The van der Waals surface area contributed by atoms with Gasteiger partial charge in [0, 0.05) is 6.20 Å². The van der Waals surface area contributed by atoms with Crippen molar-refractivity contribution in [1.82, 2.24) is 15.0 Å². The number of imidazole rings is 1. The molecule has 2 heterocycles. The SMILES string of the molecule is O=C(O)c1cnc(-c2ccc(Cl)cn2)[nH]1. The number of hydrogen-bond acceptors (Lipinski definition) is 3. The topological polar surface area (TPSA) is 78.9 Å². The zero-order chi connectivity index (χ0) is 10.8. The van der Waals surface area contributed by atoms with Crippen LogP contribution in [0.1, 0.15) is 10.5 Å². The Kier molecular flexibility index (Phi) is 2.39. The maximum Gasteiger partial charge on any atom is 0.353 e. The Labute approximate surface area is 89.8 Å². The molecular formula is C9H6ClN3O2. The number of H-pyrrole nitrogens is 1. The molecule has 0 unspecified atom stereocenters. The van der Waals surface area contributed by atoms with Crippen LogP contribution in [0.2, 0.25) is 5.02 Å².